The first-order chi connectivity index (χ1) is 7.72. The fourth-order valence-electron chi connectivity index (χ4n) is 0.709. The second-order valence-corrected chi connectivity index (χ2v) is 7.16. The molecule has 0 saturated heterocycles. The van der Waals surface area contributed by atoms with Crippen LogP contribution in [0.1, 0.15) is 6.92 Å². The van der Waals surface area contributed by atoms with Crippen molar-refractivity contribution in [1.29, 1.82) is 0 Å². The molecular weight excluding hydrogens is 262 g/mol. The average molecular weight is 280 g/mol. The number of aryl methyl sites for hydroxylation is 1. The van der Waals surface area contributed by atoms with Crippen LogP contribution in [0.3, 0.4) is 0 Å². The van der Waals surface area contributed by atoms with Crippen LogP contribution in [0.2, 0.25) is 0 Å². The Hall–Kier alpha value is -0.950. The summed E-state index contributed by atoms with van der Waals surface area (Å²) in [5.74, 6) is 1.16. The van der Waals surface area contributed by atoms with Gasteiger partial charge in [-0.15, -0.1) is 0 Å². The minimum Gasteiger partial charge on any atom is -0.400 e. The highest BCUT2D eigenvalue weighted by atomic mass is 32.2. The summed E-state index contributed by atoms with van der Waals surface area (Å²) in [5.41, 5.74) is 0. The summed E-state index contributed by atoms with van der Waals surface area (Å²) in [5, 5.41) is 0. The fraction of sp³-hybridized carbons (Fsp3) is 0.500. The molecule has 1 atom stereocenters. The van der Waals surface area contributed by atoms with Crippen LogP contribution < -0.4 is 8.75 Å². The van der Waals surface area contributed by atoms with Crippen molar-refractivity contribution in [3.8, 4) is 5.75 Å². The second kappa shape index (κ2) is 7.39. The van der Waals surface area contributed by atoms with Crippen molar-refractivity contribution in [3.63, 3.8) is 0 Å². The van der Waals surface area contributed by atoms with Gasteiger partial charge in [-0.25, -0.2) is 17.2 Å². The summed E-state index contributed by atoms with van der Waals surface area (Å²) in [6.45, 7) is 1.82. The molecule has 5 nitrogen and oxygen atoms in total. The molecule has 0 aromatic carbocycles. The number of pyridine rings is 1. The summed E-state index contributed by atoms with van der Waals surface area (Å²) in [7, 11) is -0.749. The molecule has 1 heterocycles. The van der Waals surface area contributed by atoms with E-state index < -0.39 is 20.9 Å². The molecule has 0 saturated carbocycles. The molecule has 0 fully saturated rings. The van der Waals surface area contributed by atoms with Crippen LogP contribution in [0.4, 0.5) is 0 Å². The SMILES string of the molecule is CCS(=O)Oc1cc[n+](C)cc1.CS(C)(=O)=O. The first kappa shape index (κ1) is 16.1. The van der Waals surface area contributed by atoms with Crippen molar-refractivity contribution in [2.45, 2.75) is 6.92 Å². The molecule has 0 radical (unpaired) electrons. The summed E-state index contributed by atoms with van der Waals surface area (Å²) in [6, 6.07) is 3.57. The van der Waals surface area contributed by atoms with Gasteiger partial charge in [0, 0.05) is 24.6 Å². The van der Waals surface area contributed by atoms with Crippen LogP contribution in [0.15, 0.2) is 24.5 Å². The Labute approximate surface area is 105 Å². The van der Waals surface area contributed by atoms with E-state index in [-0.39, 0.29) is 0 Å². The highest BCUT2D eigenvalue weighted by Crippen LogP contribution is 2.07. The Morgan fingerprint density at radius 2 is 1.71 bits per heavy atom. The normalized spacial score (nSPS) is 12.2. The van der Waals surface area contributed by atoms with Crippen LogP contribution >= 0.6 is 0 Å². The minimum atomic E-state index is -2.67. The van der Waals surface area contributed by atoms with Gasteiger partial charge in [0.05, 0.1) is 5.75 Å². The van der Waals surface area contributed by atoms with Gasteiger partial charge in [-0.2, -0.15) is 0 Å². The van der Waals surface area contributed by atoms with Gasteiger partial charge in [-0.05, 0) is 0 Å². The summed E-state index contributed by atoms with van der Waals surface area (Å²) in [4.78, 5) is 0. The number of sulfone groups is 1. The van der Waals surface area contributed by atoms with E-state index in [1.54, 1.807) is 12.1 Å². The molecule has 1 aromatic rings. The van der Waals surface area contributed by atoms with Crippen LogP contribution in [-0.4, -0.2) is 30.9 Å². The molecule has 1 aromatic heterocycles. The molecular formula is C10H18NO4S2+. The molecule has 17 heavy (non-hydrogen) atoms. The van der Waals surface area contributed by atoms with E-state index in [0.717, 1.165) is 12.5 Å². The maximum Gasteiger partial charge on any atom is 0.206 e. The van der Waals surface area contributed by atoms with Crippen molar-refractivity contribution in [1.82, 2.24) is 0 Å². The highest BCUT2D eigenvalue weighted by Gasteiger charge is 2.00. The van der Waals surface area contributed by atoms with E-state index in [0.29, 0.717) is 11.5 Å². The molecule has 0 aliphatic heterocycles. The molecule has 0 bridgehead atoms. The van der Waals surface area contributed by atoms with Crippen molar-refractivity contribution < 1.29 is 21.4 Å². The summed E-state index contributed by atoms with van der Waals surface area (Å²) < 4.78 is 37.2. The summed E-state index contributed by atoms with van der Waals surface area (Å²) in [6.07, 6.45) is 6.02. The van der Waals surface area contributed by atoms with Gasteiger partial charge in [-0.1, -0.05) is 6.92 Å². The third kappa shape index (κ3) is 11.3. The minimum absolute atomic E-state index is 0.515. The van der Waals surface area contributed by atoms with Gasteiger partial charge in [-0.3, -0.25) is 0 Å². The molecule has 1 unspecified atom stereocenters. The first-order valence-corrected chi connectivity index (χ1v) is 8.43. The zero-order chi connectivity index (χ0) is 13.5. The lowest BCUT2D eigenvalue weighted by atomic mass is 10.4. The Morgan fingerprint density at radius 3 is 2.06 bits per heavy atom. The van der Waals surface area contributed by atoms with Crippen LogP contribution in [0.25, 0.3) is 0 Å². The van der Waals surface area contributed by atoms with Crippen molar-refractivity contribution in [3.05, 3.63) is 24.5 Å². The Balaban J connectivity index is 0.000000437. The Morgan fingerprint density at radius 1 is 1.29 bits per heavy atom. The van der Waals surface area contributed by atoms with Crippen molar-refractivity contribution in [2.75, 3.05) is 18.3 Å². The Kier molecular flexibility index (Phi) is 6.98. The number of nitrogens with zero attached hydrogens (tertiary/aromatic N) is 1. The molecule has 0 spiro atoms. The Bertz CT molecular complexity index is 446. The van der Waals surface area contributed by atoms with Crippen molar-refractivity contribution >= 4 is 20.9 Å². The molecule has 1 rings (SSSR count). The largest absolute Gasteiger partial charge is 0.400 e. The molecule has 98 valence electrons. The van der Waals surface area contributed by atoms with Gasteiger partial charge >= 0.3 is 0 Å². The number of aromatic nitrogens is 1. The first-order valence-electron chi connectivity index (χ1n) is 4.89. The zero-order valence-corrected chi connectivity index (χ0v) is 12.0. The third-order valence-electron chi connectivity index (χ3n) is 1.37. The van der Waals surface area contributed by atoms with E-state index in [2.05, 4.69) is 0 Å². The predicted octanol–water partition coefficient (Wildman–Crippen LogP) is 0.234. The monoisotopic (exact) mass is 280 g/mol. The maximum absolute atomic E-state index is 10.9. The van der Waals surface area contributed by atoms with Crippen LogP contribution in [0, 0.1) is 0 Å². The molecule has 0 amide bonds. The fourth-order valence-corrected chi connectivity index (χ4v) is 1.15. The van der Waals surface area contributed by atoms with Gasteiger partial charge in [0.25, 0.3) is 0 Å². The smallest absolute Gasteiger partial charge is 0.206 e. The molecule has 0 aliphatic carbocycles. The van der Waals surface area contributed by atoms with E-state index in [1.165, 1.54) is 0 Å². The predicted molar refractivity (Wildman–Crippen MR) is 67.7 cm³/mol. The zero-order valence-electron chi connectivity index (χ0n) is 10.4. The average Bonchev–Trinajstić information content (AvgIpc) is 2.19. The van der Waals surface area contributed by atoms with Crippen LogP contribution in [-0.2, 0) is 28.0 Å². The van der Waals surface area contributed by atoms with E-state index >= 15 is 0 Å². The topological polar surface area (TPSA) is 64.3 Å². The van der Waals surface area contributed by atoms with Crippen molar-refractivity contribution in [2.24, 2.45) is 7.05 Å². The van der Waals surface area contributed by atoms with E-state index in [9.17, 15) is 12.6 Å². The molecule has 0 N–H and O–H groups in total. The van der Waals surface area contributed by atoms with E-state index in [1.807, 2.05) is 30.9 Å². The number of hydrogen-bond donors (Lipinski definition) is 0. The molecule has 0 aliphatic rings. The maximum atomic E-state index is 10.9. The van der Waals surface area contributed by atoms with Gasteiger partial charge in [0.15, 0.2) is 18.1 Å². The molecule has 7 heteroatoms. The lowest BCUT2D eigenvalue weighted by Crippen LogP contribution is -2.25. The van der Waals surface area contributed by atoms with Gasteiger partial charge < -0.3 is 4.18 Å². The lowest BCUT2D eigenvalue weighted by Gasteiger charge is -1.99. The van der Waals surface area contributed by atoms with Gasteiger partial charge in [0.2, 0.25) is 11.1 Å². The van der Waals surface area contributed by atoms with Crippen LogP contribution in [0.5, 0.6) is 5.75 Å². The second-order valence-electron chi connectivity index (χ2n) is 3.52. The highest BCUT2D eigenvalue weighted by molar-refractivity contribution is 7.89. The quantitative estimate of drug-likeness (QED) is 0.744. The lowest BCUT2D eigenvalue weighted by molar-refractivity contribution is -0.671. The van der Waals surface area contributed by atoms with Gasteiger partial charge in [0.1, 0.15) is 16.9 Å². The number of rotatable bonds is 3. The third-order valence-corrected chi connectivity index (χ3v) is 2.22. The standard InChI is InChI=1S/C8H12NO2S.C2H6O2S/c1-3-12(10)11-8-4-6-9(2)7-5-8;1-5(2,3)4/h4-7H,3H2,1-2H3;1-2H3/q+1;. The van der Waals surface area contributed by atoms with E-state index in [4.69, 9.17) is 4.18 Å². The summed E-state index contributed by atoms with van der Waals surface area (Å²) >= 11 is -1.19. The number of hydrogen-bond acceptors (Lipinski definition) is 4.